The molecule has 1 atom stereocenters. The van der Waals surface area contributed by atoms with Crippen molar-refractivity contribution in [1.29, 1.82) is 0 Å². The topological polar surface area (TPSA) is 73.5 Å². The maximum atomic E-state index is 13.0. The van der Waals surface area contributed by atoms with Crippen LogP contribution in [-0.2, 0) is 11.3 Å². The van der Waals surface area contributed by atoms with Gasteiger partial charge in [-0.15, -0.1) is 0 Å². The lowest BCUT2D eigenvalue weighted by Gasteiger charge is -2.26. The molecule has 2 aliphatic rings. The molecule has 1 saturated heterocycles. The van der Waals surface area contributed by atoms with E-state index in [4.69, 9.17) is 0 Å². The minimum absolute atomic E-state index is 0.0672. The Labute approximate surface area is 218 Å². The van der Waals surface area contributed by atoms with Crippen molar-refractivity contribution in [2.24, 2.45) is 0 Å². The molecule has 2 amide bonds. The molecular weight excluding hydrogens is 460 g/mol. The molecule has 0 aromatic heterocycles. The molecule has 0 bridgehead atoms. The van der Waals surface area contributed by atoms with Crippen molar-refractivity contribution in [3.05, 3.63) is 101 Å². The highest BCUT2D eigenvalue weighted by atomic mass is 16.2. The van der Waals surface area contributed by atoms with Gasteiger partial charge in [-0.05, 0) is 67.7 Å². The van der Waals surface area contributed by atoms with Gasteiger partial charge in [0, 0.05) is 35.2 Å². The molecule has 3 aromatic carbocycles. The number of fused-ring (bicyclic) bond motifs is 1. The highest BCUT2D eigenvalue weighted by Crippen LogP contribution is 2.33. The summed E-state index contributed by atoms with van der Waals surface area (Å²) in [6.07, 6.45) is 6.44. The molecule has 6 nitrogen and oxygen atoms in total. The van der Waals surface area contributed by atoms with Crippen LogP contribution in [0.15, 0.2) is 79.0 Å². The van der Waals surface area contributed by atoms with E-state index in [0.29, 0.717) is 16.8 Å². The highest BCUT2D eigenvalue weighted by molar-refractivity contribution is 6.32. The zero-order valence-electron chi connectivity index (χ0n) is 21.3. The summed E-state index contributed by atoms with van der Waals surface area (Å²) in [5.74, 6) is -0.342. The van der Waals surface area contributed by atoms with Gasteiger partial charge in [0.05, 0.1) is 11.6 Å². The predicted octanol–water partition coefficient (Wildman–Crippen LogP) is 5.96. The summed E-state index contributed by atoms with van der Waals surface area (Å²) in [7, 11) is 0. The number of nitrogens with zero attached hydrogens (tertiary/aromatic N) is 1. The average molecular weight is 495 g/mol. The molecule has 190 valence electrons. The van der Waals surface area contributed by atoms with Crippen molar-refractivity contribution in [2.75, 3.05) is 23.7 Å². The van der Waals surface area contributed by atoms with Crippen LogP contribution in [0.3, 0.4) is 0 Å². The molecule has 5 rings (SSSR count). The molecule has 0 spiro atoms. The van der Waals surface area contributed by atoms with Gasteiger partial charge in [-0.2, -0.15) is 0 Å². The van der Waals surface area contributed by atoms with Gasteiger partial charge >= 0.3 is 0 Å². The van der Waals surface area contributed by atoms with E-state index >= 15 is 0 Å². The Morgan fingerprint density at radius 1 is 1.00 bits per heavy atom. The number of piperidine rings is 1. The first kappa shape index (κ1) is 24.8. The number of hydrogen-bond acceptors (Lipinski definition) is 4. The average Bonchev–Trinajstić information content (AvgIpc) is 3.26. The SMILES string of the molecule is CC[C@@H](NC(=O)c1ccc2c(c1)NC(=O)C2=CNc1ccc(CN2CCCCC2)cc1)c1ccccc1. The molecule has 0 saturated carbocycles. The first-order valence-electron chi connectivity index (χ1n) is 13.2. The lowest BCUT2D eigenvalue weighted by atomic mass is 10.0. The summed E-state index contributed by atoms with van der Waals surface area (Å²) in [4.78, 5) is 28.2. The number of anilines is 2. The van der Waals surface area contributed by atoms with E-state index in [-0.39, 0.29) is 17.9 Å². The van der Waals surface area contributed by atoms with Crippen LogP contribution in [0.4, 0.5) is 11.4 Å². The van der Waals surface area contributed by atoms with Gasteiger partial charge in [0.15, 0.2) is 0 Å². The van der Waals surface area contributed by atoms with Crippen LogP contribution in [0.1, 0.15) is 65.7 Å². The van der Waals surface area contributed by atoms with E-state index in [2.05, 4.69) is 45.1 Å². The molecular formula is C31H34N4O2. The third-order valence-corrected chi connectivity index (χ3v) is 7.17. The number of rotatable bonds is 8. The smallest absolute Gasteiger partial charge is 0.257 e. The maximum Gasteiger partial charge on any atom is 0.257 e. The molecule has 2 heterocycles. The number of amides is 2. The monoisotopic (exact) mass is 494 g/mol. The second kappa shape index (κ2) is 11.4. The third-order valence-electron chi connectivity index (χ3n) is 7.17. The molecule has 1 fully saturated rings. The Bertz CT molecular complexity index is 1280. The van der Waals surface area contributed by atoms with Gasteiger partial charge in [0.2, 0.25) is 0 Å². The first-order valence-corrected chi connectivity index (χ1v) is 13.2. The fourth-order valence-corrected chi connectivity index (χ4v) is 5.06. The van der Waals surface area contributed by atoms with E-state index in [1.54, 1.807) is 18.3 Å². The van der Waals surface area contributed by atoms with E-state index in [0.717, 1.165) is 29.8 Å². The van der Waals surface area contributed by atoms with Crippen LogP contribution in [-0.4, -0.2) is 29.8 Å². The largest absolute Gasteiger partial charge is 0.361 e. The Morgan fingerprint density at radius 2 is 1.76 bits per heavy atom. The van der Waals surface area contributed by atoms with Crippen molar-refractivity contribution in [1.82, 2.24) is 10.2 Å². The number of carbonyl (C=O) groups excluding carboxylic acids is 2. The number of nitrogens with one attached hydrogen (secondary N) is 3. The summed E-state index contributed by atoms with van der Waals surface area (Å²) < 4.78 is 0. The van der Waals surface area contributed by atoms with Crippen molar-refractivity contribution in [2.45, 2.75) is 45.2 Å². The van der Waals surface area contributed by atoms with Crippen molar-refractivity contribution in [3.63, 3.8) is 0 Å². The minimum atomic E-state index is -0.183. The van der Waals surface area contributed by atoms with E-state index in [1.165, 1.54) is 37.9 Å². The molecule has 3 aromatic rings. The molecule has 3 N–H and O–H groups in total. The fraction of sp³-hybridized carbons (Fsp3) is 0.290. The van der Waals surface area contributed by atoms with Gasteiger partial charge in [0.1, 0.15) is 0 Å². The van der Waals surface area contributed by atoms with Gasteiger partial charge in [0.25, 0.3) is 11.8 Å². The number of hydrogen-bond donors (Lipinski definition) is 3. The predicted molar refractivity (Wildman–Crippen MR) is 149 cm³/mol. The van der Waals surface area contributed by atoms with Crippen LogP contribution >= 0.6 is 0 Å². The van der Waals surface area contributed by atoms with Crippen LogP contribution in [0.5, 0.6) is 0 Å². The van der Waals surface area contributed by atoms with Crippen molar-refractivity contribution in [3.8, 4) is 0 Å². The Kier molecular flexibility index (Phi) is 7.66. The summed E-state index contributed by atoms with van der Waals surface area (Å²) in [5, 5.41) is 9.27. The van der Waals surface area contributed by atoms with Crippen LogP contribution in [0, 0.1) is 0 Å². The summed E-state index contributed by atoms with van der Waals surface area (Å²) in [6, 6.07) is 23.6. The molecule has 0 unspecified atom stereocenters. The molecule has 0 radical (unpaired) electrons. The summed E-state index contributed by atoms with van der Waals surface area (Å²) in [6.45, 7) is 5.39. The van der Waals surface area contributed by atoms with Crippen LogP contribution in [0.25, 0.3) is 5.57 Å². The standard InChI is InChI=1S/C31H34N4O2/c1-2-28(23-9-5-3-6-10-23)33-30(36)24-13-16-26-27(31(37)34-29(26)19-24)20-32-25-14-11-22(12-15-25)21-35-17-7-4-8-18-35/h3,5-6,9-16,19-20,28,32H,2,4,7-8,17-18,21H2,1H3,(H,33,36)(H,34,37)/t28-/m1/s1. The number of likely N-dealkylation sites (tertiary alicyclic amines) is 1. The fourth-order valence-electron chi connectivity index (χ4n) is 5.06. The quantitative estimate of drug-likeness (QED) is 0.338. The maximum absolute atomic E-state index is 13.0. The van der Waals surface area contributed by atoms with Gasteiger partial charge < -0.3 is 16.0 Å². The van der Waals surface area contributed by atoms with Gasteiger partial charge in [-0.1, -0.05) is 61.9 Å². The van der Waals surface area contributed by atoms with Gasteiger partial charge in [-0.3, -0.25) is 14.5 Å². The summed E-state index contributed by atoms with van der Waals surface area (Å²) >= 11 is 0. The van der Waals surface area contributed by atoms with E-state index in [9.17, 15) is 9.59 Å². The Balaban J connectivity index is 1.24. The van der Waals surface area contributed by atoms with Crippen molar-refractivity contribution >= 4 is 28.8 Å². The van der Waals surface area contributed by atoms with Crippen LogP contribution in [0.2, 0.25) is 0 Å². The second-order valence-corrected chi connectivity index (χ2v) is 9.80. The molecule has 37 heavy (non-hydrogen) atoms. The van der Waals surface area contributed by atoms with E-state index < -0.39 is 0 Å². The normalized spacial score (nSPS) is 17.2. The number of carbonyl (C=O) groups is 2. The third kappa shape index (κ3) is 5.92. The molecule has 0 aliphatic carbocycles. The molecule has 6 heteroatoms. The minimum Gasteiger partial charge on any atom is -0.361 e. The number of benzene rings is 3. The summed E-state index contributed by atoms with van der Waals surface area (Å²) in [5.41, 5.74) is 5.80. The first-order chi connectivity index (χ1) is 18.1. The van der Waals surface area contributed by atoms with E-state index in [1.807, 2.05) is 43.3 Å². The van der Waals surface area contributed by atoms with Crippen molar-refractivity contribution < 1.29 is 9.59 Å². The zero-order chi connectivity index (χ0) is 25.6. The van der Waals surface area contributed by atoms with Gasteiger partial charge in [-0.25, -0.2) is 0 Å². The Hall–Kier alpha value is -3.90. The second-order valence-electron chi connectivity index (χ2n) is 9.80. The van der Waals surface area contributed by atoms with Crippen LogP contribution < -0.4 is 16.0 Å². The lowest BCUT2D eigenvalue weighted by molar-refractivity contribution is -0.110. The zero-order valence-corrected chi connectivity index (χ0v) is 21.3. The highest BCUT2D eigenvalue weighted by Gasteiger charge is 2.25. The Morgan fingerprint density at radius 3 is 2.49 bits per heavy atom. The molecule has 2 aliphatic heterocycles. The lowest BCUT2D eigenvalue weighted by Crippen LogP contribution is -2.29.